The van der Waals surface area contributed by atoms with Gasteiger partial charge in [0.1, 0.15) is 23.0 Å². The largest absolute Gasteiger partial charge is 0.508 e. The highest BCUT2D eigenvalue weighted by Crippen LogP contribution is 2.24. The Bertz CT molecular complexity index is 797. The van der Waals surface area contributed by atoms with Crippen LogP contribution in [0.3, 0.4) is 0 Å². The Hall–Kier alpha value is -2.15. The molecule has 0 bridgehead atoms. The van der Waals surface area contributed by atoms with Crippen molar-refractivity contribution < 1.29 is 24.4 Å². The van der Waals surface area contributed by atoms with Gasteiger partial charge < -0.3 is 24.4 Å². The minimum Gasteiger partial charge on any atom is -0.508 e. The summed E-state index contributed by atoms with van der Waals surface area (Å²) in [5, 5.41) is 18.6. The summed E-state index contributed by atoms with van der Waals surface area (Å²) >= 11 is 0. The van der Waals surface area contributed by atoms with Gasteiger partial charge in [0.05, 0.1) is 26.4 Å². The van der Waals surface area contributed by atoms with Gasteiger partial charge in [-0.15, -0.1) is 12.4 Å². The van der Waals surface area contributed by atoms with Crippen molar-refractivity contribution in [3.05, 3.63) is 48.0 Å². The first-order valence-corrected chi connectivity index (χ1v) is 13.3. The second-order valence-corrected chi connectivity index (χ2v) is 8.95. The van der Waals surface area contributed by atoms with E-state index in [2.05, 4.69) is 18.7 Å². The zero-order valence-electron chi connectivity index (χ0n) is 22.1. The molecule has 0 aliphatic carbocycles. The Labute approximate surface area is 224 Å². The predicted molar refractivity (Wildman–Crippen MR) is 149 cm³/mol. The number of hydrogen-bond acceptors (Lipinski definition) is 6. The SMILES string of the molecule is CCCCCCc1ccc(O)cc1O.CCCCOc1ccc(OCCCN2CCOCC2)cc1.Cl. The maximum atomic E-state index is 9.49. The van der Waals surface area contributed by atoms with Crippen LogP contribution in [0.5, 0.6) is 23.0 Å². The summed E-state index contributed by atoms with van der Waals surface area (Å²) < 4.78 is 16.7. The Kier molecular flexibility index (Phi) is 17.7. The number of nitrogens with zero attached hydrogens (tertiary/aromatic N) is 1. The zero-order valence-corrected chi connectivity index (χ0v) is 22.9. The minimum absolute atomic E-state index is 0. The van der Waals surface area contributed by atoms with Gasteiger partial charge >= 0.3 is 0 Å². The van der Waals surface area contributed by atoms with Crippen LogP contribution in [-0.4, -0.2) is 61.2 Å². The van der Waals surface area contributed by atoms with Crippen LogP contribution in [0, 0.1) is 0 Å². The molecule has 1 fully saturated rings. The third-order valence-electron chi connectivity index (χ3n) is 5.95. The van der Waals surface area contributed by atoms with E-state index in [4.69, 9.17) is 19.3 Å². The summed E-state index contributed by atoms with van der Waals surface area (Å²) in [4.78, 5) is 2.43. The van der Waals surface area contributed by atoms with Gasteiger partial charge in [0.2, 0.25) is 0 Å². The second kappa shape index (κ2) is 20.0. The average molecular weight is 524 g/mol. The molecule has 0 unspecified atom stereocenters. The number of benzene rings is 2. The van der Waals surface area contributed by atoms with E-state index in [1.54, 1.807) is 12.1 Å². The third kappa shape index (κ3) is 13.8. The molecule has 36 heavy (non-hydrogen) atoms. The first kappa shape index (κ1) is 31.9. The van der Waals surface area contributed by atoms with Crippen molar-refractivity contribution in [1.82, 2.24) is 4.90 Å². The molecule has 0 amide bonds. The molecule has 1 aliphatic rings. The second-order valence-electron chi connectivity index (χ2n) is 8.95. The highest BCUT2D eigenvalue weighted by Gasteiger charge is 2.09. The standard InChI is InChI=1S/C17H27NO3.C12H18O2.ClH/c1-2-3-12-20-16-5-7-17(8-6-16)21-13-4-9-18-10-14-19-15-11-18;1-2-3-4-5-6-10-7-8-11(13)9-12(10)14;/h5-8H,2-4,9-15H2,1H3;7-9,13-14H,2-6H2,1H3;1H. The monoisotopic (exact) mass is 523 g/mol. The molecule has 2 N–H and O–H groups in total. The highest BCUT2D eigenvalue weighted by molar-refractivity contribution is 5.85. The topological polar surface area (TPSA) is 71.4 Å². The van der Waals surface area contributed by atoms with Gasteiger partial charge in [-0.3, -0.25) is 4.90 Å². The van der Waals surface area contributed by atoms with Crippen molar-refractivity contribution in [2.24, 2.45) is 0 Å². The van der Waals surface area contributed by atoms with Crippen molar-refractivity contribution in [1.29, 1.82) is 0 Å². The fourth-order valence-corrected chi connectivity index (χ4v) is 3.78. The highest BCUT2D eigenvalue weighted by atomic mass is 35.5. The molecule has 0 radical (unpaired) electrons. The Morgan fingerprint density at radius 2 is 1.39 bits per heavy atom. The lowest BCUT2D eigenvalue weighted by Gasteiger charge is -2.26. The van der Waals surface area contributed by atoms with Crippen LogP contribution in [0.15, 0.2) is 42.5 Å². The van der Waals surface area contributed by atoms with Gasteiger partial charge in [-0.1, -0.05) is 45.6 Å². The van der Waals surface area contributed by atoms with Gasteiger partial charge in [0, 0.05) is 25.7 Å². The van der Waals surface area contributed by atoms with E-state index >= 15 is 0 Å². The number of rotatable bonds is 14. The van der Waals surface area contributed by atoms with Crippen LogP contribution in [0.2, 0.25) is 0 Å². The number of hydrogen-bond donors (Lipinski definition) is 2. The van der Waals surface area contributed by atoms with Crippen LogP contribution in [0.25, 0.3) is 0 Å². The molecule has 6 nitrogen and oxygen atoms in total. The molecule has 0 aromatic heterocycles. The summed E-state index contributed by atoms with van der Waals surface area (Å²) in [7, 11) is 0. The molecule has 2 aromatic carbocycles. The fourth-order valence-electron chi connectivity index (χ4n) is 3.78. The number of aromatic hydroxyl groups is 2. The van der Waals surface area contributed by atoms with Crippen molar-refractivity contribution in [2.75, 3.05) is 46.1 Å². The van der Waals surface area contributed by atoms with E-state index in [1.807, 2.05) is 24.3 Å². The number of phenolic OH excluding ortho intramolecular Hbond substituents is 2. The molecule has 3 rings (SSSR count). The van der Waals surface area contributed by atoms with Crippen molar-refractivity contribution in [3.63, 3.8) is 0 Å². The predicted octanol–water partition coefficient (Wildman–Crippen LogP) is 6.61. The van der Waals surface area contributed by atoms with E-state index in [-0.39, 0.29) is 23.9 Å². The molecule has 0 spiro atoms. The normalized spacial score (nSPS) is 13.3. The van der Waals surface area contributed by atoms with E-state index < -0.39 is 0 Å². The molecule has 0 saturated carbocycles. The first-order chi connectivity index (χ1) is 17.1. The van der Waals surface area contributed by atoms with Gasteiger partial charge in [0.15, 0.2) is 0 Å². The van der Waals surface area contributed by atoms with Gasteiger partial charge in [-0.05, 0) is 61.6 Å². The molecule has 0 atom stereocenters. The Morgan fingerprint density at radius 3 is 1.97 bits per heavy atom. The molecular formula is C29H46ClNO5. The number of aryl methyl sites for hydroxylation is 1. The maximum Gasteiger partial charge on any atom is 0.122 e. The Balaban J connectivity index is 0.000000379. The lowest BCUT2D eigenvalue weighted by molar-refractivity contribution is 0.0358. The van der Waals surface area contributed by atoms with Gasteiger partial charge in [-0.2, -0.15) is 0 Å². The van der Waals surface area contributed by atoms with Crippen LogP contribution in [-0.2, 0) is 11.2 Å². The first-order valence-electron chi connectivity index (χ1n) is 13.3. The van der Waals surface area contributed by atoms with Crippen molar-refractivity contribution in [3.8, 4) is 23.0 Å². The summed E-state index contributed by atoms with van der Waals surface area (Å²) in [5.41, 5.74) is 0.930. The summed E-state index contributed by atoms with van der Waals surface area (Å²) in [5.74, 6) is 2.17. The Morgan fingerprint density at radius 1 is 0.778 bits per heavy atom. The molecule has 2 aromatic rings. The van der Waals surface area contributed by atoms with E-state index in [0.29, 0.717) is 0 Å². The van der Waals surface area contributed by atoms with E-state index in [9.17, 15) is 5.11 Å². The summed E-state index contributed by atoms with van der Waals surface area (Å²) in [6.45, 7) is 10.8. The van der Waals surface area contributed by atoms with Crippen LogP contribution in [0.1, 0.15) is 64.4 Å². The quantitative estimate of drug-likeness (QED) is 0.271. The van der Waals surface area contributed by atoms with E-state index in [0.717, 1.165) is 95.2 Å². The van der Waals surface area contributed by atoms with Crippen molar-refractivity contribution in [2.45, 2.75) is 65.2 Å². The number of morpholine rings is 1. The summed E-state index contributed by atoms with van der Waals surface area (Å²) in [6, 6.07) is 12.7. The van der Waals surface area contributed by atoms with Crippen LogP contribution in [0.4, 0.5) is 0 Å². The molecule has 1 aliphatic heterocycles. The smallest absolute Gasteiger partial charge is 0.122 e. The number of phenols is 2. The van der Waals surface area contributed by atoms with E-state index in [1.165, 1.54) is 25.3 Å². The third-order valence-corrected chi connectivity index (χ3v) is 5.95. The number of unbranched alkanes of at least 4 members (excludes halogenated alkanes) is 4. The van der Waals surface area contributed by atoms with Crippen LogP contribution < -0.4 is 9.47 Å². The van der Waals surface area contributed by atoms with Crippen molar-refractivity contribution >= 4 is 12.4 Å². The zero-order chi connectivity index (χ0) is 25.1. The number of halogens is 1. The molecule has 204 valence electrons. The van der Waals surface area contributed by atoms with Gasteiger partial charge in [-0.25, -0.2) is 0 Å². The lowest BCUT2D eigenvalue weighted by Crippen LogP contribution is -2.37. The average Bonchev–Trinajstić information content (AvgIpc) is 2.88. The maximum absolute atomic E-state index is 9.49. The fraction of sp³-hybridized carbons (Fsp3) is 0.586. The molecule has 1 heterocycles. The van der Waals surface area contributed by atoms with Crippen LogP contribution >= 0.6 is 12.4 Å². The lowest BCUT2D eigenvalue weighted by atomic mass is 10.1. The molecule has 7 heteroatoms. The van der Waals surface area contributed by atoms with Gasteiger partial charge in [0.25, 0.3) is 0 Å². The summed E-state index contributed by atoms with van der Waals surface area (Å²) in [6.07, 6.45) is 8.98. The minimum atomic E-state index is 0. The molecule has 1 saturated heterocycles. The number of ether oxygens (including phenoxy) is 3. The molecular weight excluding hydrogens is 478 g/mol.